The molecule has 88 valence electrons. The normalized spacial score (nSPS) is 16.9. The molecule has 0 aromatic carbocycles. The van der Waals surface area contributed by atoms with Crippen molar-refractivity contribution >= 4 is 17.3 Å². The molecule has 17 heavy (non-hydrogen) atoms. The molecule has 1 fully saturated rings. The lowest BCUT2D eigenvalue weighted by atomic mass is 10.1. The largest absolute Gasteiger partial charge is 0.481 e. The zero-order chi connectivity index (χ0) is 11.9. The Morgan fingerprint density at radius 1 is 1.59 bits per heavy atom. The molecule has 1 N–H and O–H groups in total. The first-order valence-electron chi connectivity index (χ1n) is 5.10. The Bertz CT molecular complexity index is 545. The van der Waals surface area contributed by atoms with E-state index < -0.39 is 11.4 Å². The van der Waals surface area contributed by atoms with Gasteiger partial charge in [0.25, 0.3) is 0 Å². The van der Waals surface area contributed by atoms with Crippen molar-refractivity contribution in [2.75, 3.05) is 0 Å². The minimum Gasteiger partial charge on any atom is -0.481 e. The van der Waals surface area contributed by atoms with E-state index in [0.29, 0.717) is 25.2 Å². The Kier molecular flexibility index (Phi) is 2.18. The van der Waals surface area contributed by atoms with Crippen LogP contribution in [0.2, 0.25) is 0 Å². The van der Waals surface area contributed by atoms with E-state index >= 15 is 0 Å². The fourth-order valence-electron chi connectivity index (χ4n) is 1.69. The van der Waals surface area contributed by atoms with Crippen LogP contribution >= 0.6 is 11.3 Å². The van der Waals surface area contributed by atoms with Gasteiger partial charge in [0.1, 0.15) is 0 Å². The van der Waals surface area contributed by atoms with E-state index in [9.17, 15) is 4.79 Å². The van der Waals surface area contributed by atoms with Gasteiger partial charge in [-0.3, -0.25) is 9.78 Å². The molecule has 1 aliphatic carbocycles. The zero-order valence-corrected chi connectivity index (χ0v) is 9.59. The van der Waals surface area contributed by atoms with Crippen LogP contribution in [0.25, 0.3) is 10.7 Å². The molecular weight excluding hydrogens is 242 g/mol. The van der Waals surface area contributed by atoms with Crippen LogP contribution in [-0.4, -0.2) is 36.3 Å². The van der Waals surface area contributed by atoms with Gasteiger partial charge in [-0.2, -0.15) is 0 Å². The summed E-state index contributed by atoms with van der Waals surface area (Å²) in [7, 11) is 0. The van der Waals surface area contributed by atoms with E-state index in [-0.39, 0.29) is 0 Å². The summed E-state index contributed by atoms with van der Waals surface area (Å²) >= 11 is 1.43. The van der Waals surface area contributed by atoms with E-state index in [0.717, 1.165) is 4.88 Å². The first kappa shape index (κ1) is 10.3. The van der Waals surface area contributed by atoms with E-state index in [4.69, 9.17) is 5.11 Å². The second-order valence-corrected chi connectivity index (χ2v) is 5.00. The highest BCUT2D eigenvalue weighted by molar-refractivity contribution is 7.13. The smallest absolute Gasteiger partial charge is 0.311 e. The lowest BCUT2D eigenvalue weighted by Gasteiger charge is -2.09. The lowest BCUT2D eigenvalue weighted by molar-refractivity contribution is -0.144. The van der Waals surface area contributed by atoms with Crippen LogP contribution in [0.4, 0.5) is 0 Å². The van der Waals surface area contributed by atoms with Crippen LogP contribution in [0.1, 0.15) is 12.8 Å². The highest BCUT2D eigenvalue weighted by Gasteiger charge is 2.51. The number of aromatic nitrogens is 5. The summed E-state index contributed by atoms with van der Waals surface area (Å²) in [5.74, 6) is -0.191. The Morgan fingerprint density at radius 3 is 3.00 bits per heavy atom. The maximum absolute atomic E-state index is 11.1. The molecule has 2 heterocycles. The van der Waals surface area contributed by atoms with Gasteiger partial charge in [-0.1, -0.05) is 0 Å². The number of thiazole rings is 1. The van der Waals surface area contributed by atoms with Gasteiger partial charge in [-0.05, 0) is 23.3 Å². The molecule has 2 aromatic rings. The topological polar surface area (TPSA) is 93.8 Å². The van der Waals surface area contributed by atoms with Crippen LogP contribution in [0.5, 0.6) is 0 Å². The molecular formula is C9H9N5O2S. The van der Waals surface area contributed by atoms with Crippen LogP contribution in [-0.2, 0) is 11.3 Å². The zero-order valence-electron chi connectivity index (χ0n) is 8.78. The summed E-state index contributed by atoms with van der Waals surface area (Å²) in [4.78, 5) is 15.9. The number of hydrogen-bond donors (Lipinski definition) is 1. The molecule has 0 aliphatic heterocycles. The maximum atomic E-state index is 11.1. The average Bonchev–Trinajstić information content (AvgIpc) is 2.75. The van der Waals surface area contributed by atoms with E-state index in [1.165, 1.54) is 11.3 Å². The summed E-state index contributed by atoms with van der Waals surface area (Å²) in [5, 5.41) is 20.5. The number of tetrazole rings is 1. The number of carbonyl (C=O) groups is 1. The quantitative estimate of drug-likeness (QED) is 0.858. The second kappa shape index (κ2) is 3.59. The van der Waals surface area contributed by atoms with Crippen molar-refractivity contribution in [3.63, 3.8) is 0 Å². The number of carboxylic acid groups (broad SMARTS) is 1. The van der Waals surface area contributed by atoms with Gasteiger partial charge in [0.2, 0.25) is 0 Å². The standard InChI is InChI=1S/C9H9N5O2S/c15-8(16)9(1-2-9)4-14-7(11-12-13-14)6-3-10-5-17-6/h3,5H,1-2,4H2,(H,15,16). The molecule has 8 heteroatoms. The van der Waals surface area contributed by atoms with E-state index in [1.807, 2.05) is 0 Å². The fraction of sp³-hybridized carbons (Fsp3) is 0.444. The molecule has 0 amide bonds. The molecule has 3 rings (SSSR count). The molecule has 0 radical (unpaired) electrons. The molecule has 0 atom stereocenters. The summed E-state index contributed by atoms with van der Waals surface area (Å²) < 4.78 is 1.55. The first-order chi connectivity index (χ1) is 8.21. The Balaban J connectivity index is 1.90. The molecule has 1 aliphatic rings. The summed E-state index contributed by atoms with van der Waals surface area (Å²) in [6.07, 6.45) is 3.04. The highest BCUT2D eigenvalue weighted by atomic mass is 32.1. The monoisotopic (exact) mass is 251 g/mol. The van der Waals surface area contributed by atoms with Crippen LogP contribution in [0, 0.1) is 5.41 Å². The Labute approximate surface area is 100 Å². The SMILES string of the molecule is O=C(O)C1(Cn2nnnc2-c2cncs2)CC1. The minimum absolute atomic E-state index is 0.322. The Morgan fingerprint density at radius 2 is 2.41 bits per heavy atom. The summed E-state index contributed by atoms with van der Waals surface area (Å²) in [6.45, 7) is 0.322. The molecule has 0 saturated heterocycles. The fourth-order valence-corrected chi connectivity index (χ4v) is 2.30. The van der Waals surface area contributed by atoms with Crippen molar-refractivity contribution in [3.8, 4) is 10.7 Å². The molecule has 2 aromatic heterocycles. The van der Waals surface area contributed by atoms with Gasteiger partial charge in [-0.25, -0.2) is 4.68 Å². The van der Waals surface area contributed by atoms with Gasteiger partial charge >= 0.3 is 5.97 Å². The highest BCUT2D eigenvalue weighted by Crippen LogP contribution is 2.47. The number of aliphatic carboxylic acids is 1. The molecule has 1 saturated carbocycles. The number of nitrogens with zero attached hydrogens (tertiary/aromatic N) is 5. The minimum atomic E-state index is -0.775. The van der Waals surface area contributed by atoms with Crippen molar-refractivity contribution in [2.45, 2.75) is 19.4 Å². The maximum Gasteiger partial charge on any atom is 0.311 e. The van der Waals surface area contributed by atoms with Crippen molar-refractivity contribution in [1.82, 2.24) is 25.2 Å². The van der Waals surface area contributed by atoms with Gasteiger partial charge in [0.05, 0.1) is 22.3 Å². The third-order valence-corrected chi connectivity index (χ3v) is 3.71. The average molecular weight is 251 g/mol. The third kappa shape index (κ3) is 1.70. The lowest BCUT2D eigenvalue weighted by Crippen LogP contribution is -2.22. The van der Waals surface area contributed by atoms with Crippen LogP contribution in [0.15, 0.2) is 11.7 Å². The van der Waals surface area contributed by atoms with Gasteiger partial charge < -0.3 is 5.11 Å². The molecule has 7 nitrogen and oxygen atoms in total. The second-order valence-electron chi connectivity index (χ2n) is 4.11. The van der Waals surface area contributed by atoms with Crippen LogP contribution < -0.4 is 0 Å². The number of hydrogen-bond acceptors (Lipinski definition) is 6. The van der Waals surface area contributed by atoms with Gasteiger partial charge in [0.15, 0.2) is 5.82 Å². The number of carboxylic acids is 1. The third-order valence-electron chi connectivity index (χ3n) is 2.94. The van der Waals surface area contributed by atoms with Gasteiger partial charge in [-0.15, -0.1) is 16.4 Å². The Hall–Kier alpha value is -1.83. The first-order valence-corrected chi connectivity index (χ1v) is 5.98. The van der Waals surface area contributed by atoms with E-state index in [1.54, 1.807) is 16.4 Å². The van der Waals surface area contributed by atoms with Gasteiger partial charge in [0, 0.05) is 6.20 Å². The predicted molar refractivity (Wildman–Crippen MR) is 58.2 cm³/mol. The van der Waals surface area contributed by atoms with Crippen molar-refractivity contribution in [1.29, 1.82) is 0 Å². The molecule has 0 spiro atoms. The van der Waals surface area contributed by atoms with Crippen molar-refractivity contribution < 1.29 is 9.90 Å². The molecule has 0 bridgehead atoms. The molecule has 0 unspecified atom stereocenters. The summed E-state index contributed by atoms with van der Waals surface area (Å²) in [5.41, 5.74) is 1.02. The van der Waals surface area contributed by atoms with E-state index in [2.05, 4.69) is 20.5 Å². The predicted octanol–water partition coefficient (Wildman–Crippen LogP) is 0.661. The number of rotatable bonds is 4. The van der Waals surface area contributed by atoms with Crippen molar-refractivity contribution in [2.24, 2.45) is 5.41 Å². The summed E-state index contributed by atoms with van der Waals surface area (Å²) in [6, 6.07) is 0. The van der Waals surface area contributed by atoms with Crippen LogP contribution in [0.3, 0.4) is 0 Å². The van der Waals surface area contributed by atoms with Crippen molar-refractivity contribution in [3.05, 3.63) is 11.7 Å².